The Morgan fingerprint density at radius 1 is 0.833 bits per heavy atom. The van der Waals surface area contributed by atoms with Crippen LogP contribution >= 0.6 is 22.6 Å². The number of rotatable bonds is 8. The van der Waals surface area contributed by atoms with E-state index in [0.29, 0.717) is 0 Å². The lowest BCUT2D eigenvalue weighted by Gasteiger charge is -2.08. The van der Waals surface area contributed by atoms with Gasteiger partial charge >= 0.3 is 0 Å². The molecule has 0 amide bonds. The molecule has 0 bridgehead atoms. The zero-order chi connectivity index (χ0) is 9.23. The minimum Gasteiger partial charge on any atom is -0.0826 e. The summed E-state index contributed by atoms with van der Waals surface area (Å²) in [5, 5.41) is 0. The van der Waals surface area contributed by atoms with Gasteiger partial charge in [0.1, 0.15) is 0 Å². The molecule has 0 spiro atoms. The second kappa shape index (κ2) is 9.82. The number of unbranched alkanes of at least 4 members (excludes halogenated alkanes) is 4. The molecule has 0 fully saturated rings. The van der Waals surface area contributed by atoms with Gasteiger partial charge in [-0.25, -0.2) is 0 Å². The SMILES string of the molecule is CCCCCC(I)CCCCC. The predicted octanol–water partition coefficient (Wildman–Crippen LogP) is 4.95. The Labute approximate surface area is 91.7 Å². The first-order valence-electron chi connectivity index (χ1n) is 5.45. The van der Waals surface area contributed by atoms with Gasteiger partial charge in [-0.15, -0.1) is 0 Å². The maximum Gasteiger partial charge on any atom is 0.0110 e. The van der Waals surface area contributed by atoms with Crippen LogP contribution in [0.15, 0.2) is 0 Å². The first kappa shape index (κ1) is 12.7. The quantitative estimate of drug-likeness (QED) is 0.335. The lowest BCUT2D eigenvalue weighted by atomic mass is 10.1. The molecule has 0 aliphatic rings. The van der Waals surface area contributed by atoms with E-state index < -0.39 is 0 Å². The lowest BCUT2D eigenvalue weighted by Crippen LogP contribution is -1.97. The van der Waals surface area contributed by atoms with Crippen LogP contribution in [0.1, 0.15) is 65.2 Å². The molecule has 12 heavy (non-hydrogen) atoms. The summed E-state index contributed by atoms with van der Waals surface area (Å²) in [6.45, 7) is 4.55. The zero-order valence-electron chi connectivity index (χ0n) is 8.61. The maximum atomic E-state index is 2.62. The van der Waals surface area contributed by atoms with Crippen LogP contribution in [-0.2, 0) is 0 Å². The van der Waals surface area contributed by atoms with E-state index >= 15 is 0 Å². The van der Waals surface area contributed by atoms with Crippen LogP contribution in [0.4, 0.5) is 0 Å². The van der Waals surface area contributed by atoms with Crippen molar-refractivity contribution in [3.63, 3.8) is 0 Å². The topological polar surface area (TPSA) is 0 Å². The van der Waals surface area contributed by atoms with Crippen molar-refractivity contribution in [3.05, 3.63) is 0 Å². The van der Waals surface area contributed by atoms with Crippen molar-refractivity contribution in [1.82, 2.24) is 0 Å². The van der Waals surface area contributed by atoms with E-state index in [4.69, 9.17) is 0 Å². The van der Waals surface area contributed by atoms with Gasteiger partial charge in [-0.3, -0.25) is 0 Å². The molecule has 0 atom stereocenters. The van der Waals surface area contributed by atoms with E-state index in [2.05, 4.69) is 36.4 Å². The fourth-order valence-electron chi connectivity index (χ4n) is 1.38. The molecule has 0 nitrogen and oxygen atoms in total. The highest BCUT2D eigenvalue weighted by atomic mass is 127. The zero-order valence-corrected chi connectivity index (χ0v) is 10.8. The highest BCUT2D eigenvalue weighted by molar-refractivity contribution is 14.1. The summed E-state index contributed by atoms with van der Waals surface area (Å²) >= 11 is 2.62. The normalized spacial score (nSPS) is 11.0. The van der Waals surface area contributed by atoms with E-state index in [0.717, 1.165) is 3.92 Å². The lowest BCUT2D eigenvalue weighted by molar-refractivity contribution is 0.595. The van der Waals surface area contributed by atoms with Crippen molar-refractivity contribution in [3.8, 4) is 0 Å². The van der Waals surface area contributed by atoms with Gasteiger partial charge in [0.2, 0.25) is 0 Å². The predicted molar refractivity (Wildman–Crippen MR) is 66.1 cm³/mol. The van der Waals surface area contributed by atoms with E-state index in [1.165, 1.54) is 51.4 Å². The Morgan fingerprint density at radius 3 is 1.58 bits per heavy atom. The third-order valence-electron chi connectivity index (χ3n) is 2.24. The van der Waals surface area contributed by atoms with Crippen molar-refractivity contribution in [2.24, 2.45) is 0 Å². The van der Waals surface area contributed by atoms with Crippen molar-refractivity contribution in [2.45, 2.75) is 69.1 Å². The van der Waals surface area contributed by atoms with Crippen molar-refractivity contribution >= 4 is 22.6 Å². The smallest absolute Gasteiger partial charge is 0.0110 e. The Morgan fingerprint density at radius 2 is 1.25 bits per heavy atom. The van der Waals surface area contributed by atoms with Gasteiger partial charge in [0, 0.05) is 3.92 Å². The van der Waals surface area contributed by atoms with Crippen LogP contribution in [0.25, 0.3) is 0 Å². The van der Waals surface area contributed by atoms with Gasteiger partial charge in [-0.2, -0.15) is 0 Å². The monoisotopic (exact) mass is 282 g/mol. The first-order chi connectivity index (χ1) is 5.81. The van der Waals surface area contributed by atoms with E-state index in [9.17, 15) is 0 Å². The van der Waals surface area contributed by atoms with E-state index in [1.807, 2.05) is 0 Å². The number of halogens is 1. The Hall–Kier alpha value is 0.730. The van der Waals surface area contributed by atoms with Crippen LogP contribution in [0.2, 0.25) is 0 Å². The van der Waals surface area contributed by atoms with E-state index in [1.54, 1.807) is 0 Å². The fraction of sp³-hybridized carbons (Fsp3) is 1.00. The van der Waals surface area contributed by atoms with Gasteiger partial charge in [0.25, 0.3) is 0 Å². The molecular formula is C11H23I. The average molecular weight is 282 g/mol. The van der Waals surface area contributed by atoms with Crippen LogP contribution in [0.3, 0.4) is 0 Å². The van der Waals surface area contributed by atoms with Gasteiger partial charge in [-0.1, -0.05) is 75.0 Å². The Bertz CT molecular complexity index is 71.1. The molecule has 0 rings (SSSR count). The molecule has 0 saturated carbocycles. The number of alkyl halides is 1. The molecule has 0 N–H and O–H groups in total. The summed E-state index contributed by atoms with van der Waals surface area (Å²) in [6, 6.07) is 0. The standard InChI is InChI=1S/C11H23I/c1-3-5-7-9-11(12)10-8-6-4-2/h11H,3-10H2,1-2H3. The van der Waals surface area contributed by atoms with Crippen LogP contribution in [-0.4, -0.2) is 3.92 Å². The van der Waals surface area contributed by atoms with Gasteiger partial charge in [-0.05, 0) is 12.8 Å². The van der Waals surface area contributed by atoms with Crippen LogP contribution in [0.5, 0.6) is 0 Å². The second-order valence-electron chi connectivity index (χ2n) is 3.59. The number of hydrogen-bond acceptors (Lipinski definition) is 0. The van der Waals surface area contributed by atoms with Crippen LogP contribution in [0, 0.1) is 0 Å². The molecule has 0 aromatic heterocycles. The van der Waals surface area contributed by atoms with Gasteiger partial charge in [0.15, 0.2) is 0 Å². The molecule has 0 aliphatic carbocycles. The summed E-state index contributed by atoms with van der Waals surface area (Å²) in [5.41, 5.74) is 0. The molecule has 74 valence electrons. The Balaban J connectivity index is 3.04. The van der Waals surface area contributed by atoms with Crippen molar-refractivity contribution in [2.75, 3.05) is 0 Å². The largest absolute Gasteiger partial charge is 0.0826 e. The summed E-state index contributed by atoms with van der Waals surface area (Å²) < 4.78 is 0.945. The van der Waals surface area contributed by atoms with Crippen LogP contribution < -0.4 is 0 Å². The second-order valence-corrected chi connectivity index (χ2v) is 5.35. The van der Waals surface area contributed by atoms with Gasteiger partial charge < -0.3 is 0 Å². The molecule has 0 unspecified atom stereocenters. The molecular weight excluding hydrogens is 259 g/mol. The molecule has 0 radical (unpaired) electrons. The van der Waals surface area contributed by atoms with E-state index in [-0.39, 0.29) is 0 Å². The molecule has 0 heterocycles. The van der Waals surface area contributed by atoms with Crippen molar-refractivity contribution < 1.29 is 0 Å². The highest BCUT2D eigenvalue weighted by Crippen LogP contribution is 2.18. The fourth-order valence-corrected chi connectivity index (χ4v) is 2.26. The molecule has 0 aromatic rings. The summed E-state index contributed by atoms with van der Waals surface area (Å²) in [6.07, 6.45) is 11.3. The number of hydrogen-bond donors (Lipinski definition) is 0. The molecule has 1 heteroatoms. The maximum absolute atomic E-state index is 2.62. The molecule has 0 aliphatic heterocycles. The van der Waals surface area contributed by atoms with Gasteiger partial charge in [0.05, 0.1) is 0 Å². The first-order valence-corrected chi connectivity index (χ1v) is 6.69. The third kappa shape index (κ3) is 8.82. The third-order valence-corrected chi connectivity index (χ3v) is 3.49. The highest BCUT2D eigenvalue weighted by Gasteiger charge is 2.01. The summed E-state index contributed by atoms with van der Waals surface area (Å²) in [5.74, 6) is 0. The minimum atomic E-state index is 0.945. The molecule has 0 aromatic carbocycles. The van der Waals surface area contributed by atoms with Crippen molar-refractivity contribution in [1.29, 1.82) is 0 Å². The minimum absolute atomic E-state index is 0.945. The average Bonchev–Trinajstić information content (AvgIpc) is 2.06. The summed E-state index contributed by atoms with van der Waals surface area (Å²) in [4.78, 5) is 0. The summed E-state index contributed by atoms with van der Waals surface area (Å²) in [7, 11) is 0. The Kier molecular flexibility index (Phi) is 10.4. The molecule has 0 saturated heterocycles.